The Bertz CT molecular complexity index is 1510. The quantitative estimate of drug-likeness (QED) is 0.261. The summed E-state index contributed by atoms with van der Waals surface area (Å²) in [6.45, 7) is 3.49. The Morgan fingerprint density at radius 2 is 1.66 bits per heavy atom. The minimum Gasteiger partial charge on any atom is -0.497 e. The van der Waals surface area contributed by atoms with Gasteiger partial charge in [-0.15, -0.1) is 0 Å². The third-order valence-corrected chi connectivity index (χ3v) is 9.48. The number of hydrogen-bond acceptors (Lipinski definition) is 6. The van der Waals surface area contributed by atoms with Gasteiger partial charge < -0.3 is 19.7 Å². The zero-order chi connectivity index (χ0) is 31.7. The molecule has 1 aliphatic rings. The van der Waals surface area contributed by atoms with Gasteiger partial charge in [-0.25, -0.2) is 12.8 Å². The van der Waals surface area contributed by atoms with Gasteiger partial charge in [-0.05, 0) is 92.4 Å². The van der Waals surface area contributed by atoms with E-state index in [1.54, 1.807) is 18.2 Å². The second-order valence-electron chi connectivity index (χ2n) is 10.7. The monoisotopic (exact) mass is 625 g/mol. The molecule has 0 aliphatic heterocycles. The summed E-state index contributed by atoms with van der Waals surface area (Å²) in [6, 6.07) is 17.1. The normalized spacial score (nSPS) is 14.1. The maximum Gasteiger partial charge on any atom is 0.264 e. The number of anilines is 1. The highest BCUT2D eigenvalue weighted by Gasteiger charge is 2.34. The Morgan fingerprint density at radius 1 is 0.977 bits per heavy atom. The van der Waals surface area contributed by atoms with Crippen LogP contribution in [0.2, 0.25) is 0 Å². The van der Waals surface area contributed by atoms with Crippen LogP contribution in [0.15, 0.2) is 77.7 Å². The topological polar surface area (TPSA) is 105 Å². The molecule has 1 atom stereocenters. The molecule has 9 nitrogen and oxygen atoms in total. The minimum atomic E-state index is -4.29. The number of halogens is 1. The molecule has 2 amide bonds. The lowest BCUT2D eigenvalue weighted by molar-refractivity contribution is -0.140. The number of nitrogens with zero attached hydrogens (tertiary/aromatic N) is 2. The number of sulfonamides is 1. The molecule has 0 saturated heterocycles. The molecule has 3 aromatic carbocycles. The number of nitrogens with one attached hydrogen (secondary N) is 1. The van der Waals surface area contributed by atoms with Crippen LogP contribution in [0.4, 0.5) is 10.1 Å². The molecule has 1 unspecified atom stereocenters. The fourth-order valence-electron chi connectivity index (χ4n) is 5.39. The predicted octanol–water partition coefficient (Wildman–Crippen LogP) is 5.29. The molecule has 3 aromatic rings. The first-order valence-corrected chi connectivity index (χ1v) is 16.3. The van der Waals surface area contributed by atoms with E-state index in [9.17, 15) is 22.4 Å². The van der Waals surface area contributed by atoms with Crippen molar-refractivity contribution in [1.82, 2.24) is 10.2 Å². The van der Waals surface area contributed by atoms with Crippen LogP contribution >= 0.6 is 0 Å². The van der Waals surface area contributed by atoms with Crippen LogP contribution in [0, 0.1) is 5.82 Å². The molecule has 236 valence electrons. The summed E-state index contributed by atoms with van der Waals surface area (Å²) in [6.07, 6.45) is 4.14. The van der Waals surface area contributed by atoms with E-state index in [-0.39, 0.29) is 29.1 Å². The summed E-state index contributed by atoms with van der Waals surface area (Å²) in [7, 11) is -2.75. The van der Waals surface area contributed by atoms with E-state index in [0.717, 1.165) is 42.1 Å². The van der Waals surface area contributed by atoms with Crippen LogP contribution in [0.25, 0.3) is 0 Å². The number of hydrogen-bond donors (Lipinski definition) is 1. The van der Waals surface area contributed by atoms with Crippen molar-refractivity contribution in [3.05, 3.63) is 84.2 Å². The van der Waals surface area contributed by atoms with Gasteiger partial charge in [-0.1, -0.05) is 31.9 Å². The number of rotatable bonds is 14. The molecule has 0 heterocycles. The number of amides is 2. The van der Waals surface area contributed by atoms with Gasteiger partial charge in [-0.3, -0.25) is 13.9 Å². The first kappa shape index (κ1) is 32.8. The van der Waals surface area contributed by atoms with Crippen molar-refractivity contribution < 1.29 is 31.9 Å². The zero-order valence-electron chi connectivity index (χ0n) is 25.4. The molecule has 1 N–H and O–H groups in total. The second kappa shape index (κ2) is 15.1. The molecule has 1 saturated carbocycles. The second-order valence-corrected chi connectivity index (χ2v) is 12.5. The van der Waals surface area contributed by atoms with Crippen molar-refractivity contribution in [2.45, 2.75) is 69.5 Å². The van der Waals surface area contributed by atoms with E-state index in [0.29, 0.717) is 30.1 Å². The number of carbonyl (C=O) groups is 2. The first-order chi connectivity index (χ1) is 21.2. The van der Waals surface area contributed by atoms with Gasteiger partial charge in [-0.2, -0.15) is 0 Å². The van der Waals surface area contributed by atoms with Crippen LogP contribution in [0.3, 0.4) is 0 Å². The molecule has 1 fully saturated rings. The summed E-state index contributed by atoms with van der Waals surface area (Å²) < 4.78 is 53.7. The molecular weight excluding hydrogens is 585 g/mol. The third-order valence-electron chi connectivity index (χ3n) is 7.69. The number of ether oxygens (including phenoxy) is 2. The molecule has 4 rings (SSSR count). The number of carbonyl (C=O) groups excluding carboxylic acids is 2. The van der Waals surface area contributed by atoms with E-state index in [4.69, 9.17) is 9.47 Å². The first-order valence-electron chi connectivity index (χ1n) is 14.9. The average Bonchev–Trinajstić information content (AvgIpc) is 3.53. The Labute approximate surface area is 259 Å². The molecule has 11 heteroatoms. The molecular formula is C33H40FN3O6S. The highest BCUT2D eigenvalue weighted by atomic mass is 32.2. The summed E-state index contributed by atoms with van der Waals surface area (Å²) in [5.41, 5.74) is 0.825. The van der Waals surface area contributed by atoms with E-state index < -0.39 is 34.3 Å². The van der Waals surface area contributed by atoms with Gasteiger partial charge in [0.05, 0.1) is 24.3 Å². The van der Waals surface area contributed by atoms with E-state index in [1.165, 1.54) is 48.4 Å². The number of methoxy groups -OCH3 is 1. The van der Waals surface area contributed by atoms with Crippen LogP contribution in [-0.2, 0) is 26.2 Å². The number of benzene rings is 3. The van der Waals surface area contributed by atoms with Gasteiger partial charge in [0.15, 0.2) is 0 Å². The van der Waals surface area contributed by atoms with Crippen molar-refractivity contribution in [3.63, 3.8) is 0 Å². The molecule has 0 bridgehead atoms. The minimum absolute atomic E-state index is 0.0427. The van der Waals surface area contributed by atoms with Crippen LogP contribution < -0.4 is 19.1 Å². The van der Waals surface area contributed by atoms with Crippen molar-refractivity contribution in [2.75, 3.05) is 24.6 Å². The van der Waals surface area contributed by atoms with Gasteiger partial charge in [0, 0.05) is 12.6 Å². The molecule has 1 aliphatic carbocycles. The fraction of sp³-hybridized carbons (Fsp3) is 0.394. The molecule has 0 aromatic heterocycles. The molecule has 44 heavy (non-hydrogen) atoms. The average molecular weight is 626 g/mol. The Hall–Kier alpha value is -4.12. The largest absolute Gasteiger partial charge is 0.497 e. The smallest absolute Gasteiger partial charge is 0.264 e. The third kappa shape index (κ3) is 8.07. The van der Waals surface area contributed by atoms with Crippen LogP contribution in [0.1, 0.15) is 51.5 Å². The Balaban J connectivity index is 1.71. The van der Waals surface area contributed by atoms with Crippen LogP contribution in [-0.4, -0.2) is 57.5 Å². The van der Waals surface area contributed by atoms with Crippen molar-refractivity contribution in [3.8, 4) is 11.5 Å². The standard InChI is InChI=1S/C33H40FN3O6S/c1-4-31(33(39)35-26-10-6-7-11-26)36(22-24-9-8-12-29(21-24)42-3)32(38)23-37(27-15-13-25(34)14-16-27)44(40,41)30-19-17-28(18-20-30)43-5-2/h8-9,12-21,26,31H,4-7,10-11,22-23H2,1-3H3,(H,35,39). The highest BCUT2D eigenvalue weighted by molar-refractivity contribution is 7.92. The molecule has 0 radical (unpaired) electrons. The van der Waals surface area contributed by atoms with Crippen LogP contribution in [0.5, 0.6) is 11.5 Å². The van der Waals surface area contributed by atoms with E-state index in [1.807, 2.05) is 19.9 Å². The van der Waals surface area contributed by atoms with Crippen molar-refractivity contribution in [2.24, 2.45) is 0 Å². The summed E-state index contributed by atoms with van der Waals surface area (Å²) in [4.78, 5) is 29.2. The lowest BCUT2D eigenvalue weighted by atomic mass is 10.1. The van der Waals surface area contributed by atoms with Gasteiger partial charge >= 0.3 is 0 Å². The van der Waals surface area contributed by atoms with E-state index >= 15 is 0 Å². The summed E-state index contributed by atoms with van der Waals surface area (Å²) in [5, 5.41) is 3.09. The lowest BCUT2D eigenvalue weighted by Gasteiger charge is -2.33. The van der Waals surface area contributed by atoms with E-state index in [2.05, 4.69) is 5.32 Å². The SMILES string of the molecule is CCOc1ccc(S(=O)(=O)N(CC(=O)N(Cc2cccc(OC)c2)C(CC)C(=O)NC2CCCC2)c2ccc(F)cc2)cc1. The van der Waals surface area contributed by atoms with Gasteiger partial charge in [0.25, 0.3) is 10.0 Å². The predicted molar refractivity (Wildman–Crippen MR) is 167 cm³/mol. The lowest BCUT2D eigenvalue weighted by Crippen LogP contribution is -2.53. The Morgan fingerprint density at radius 3 is 2.27 bits per heavy atom. The van der Waals surface area contributed by atoms with Crippen molar-refractivity contribution >= 4 is 27.5 Å². The van der Waals surface area contributed by atoms with Gasteiger partial charge in [0.1, 0.15) is 29.9 Å². The summed E-state index contributed by atoms with van der Waals surface area (Å²) >= 11 is 0. The van der Waals surface area contributed by atoms with Gasteiger partial charge in [0.2, 0.25) is 11.8 Å². The molecule has 0 spiro atoms. The Kier molecular flexibility index (Phi) is 11.2. The maximum atomic E-state index is 14.2. The highest BCUT2D eigenvalue weighted by Crippen LogP contribution is 2.27. The maximum absolute atomic E-state index is 14.2. The summed E-state index contributed by atoms with van der Waals surface area (Å²) in [5.74, 6) is -0.324. The fourth-order valence-corrected chi connectivity index (χ4v) is 6.81. The zero-order valence-corrected chi connectivity index (χ0v) is 26.2. The van der Waals surface area contributed by atoms with Crippen molar-refractivity contribution in [1.29, 1.82) is 0 Å².